The number of carbonyl (C=O) groups excluding carboxylic acids is 1. The maximum Gasteiger partial charge on any atom is 0.274 e. The zero-order chi connectivity index (χ0) is 18.0. The fourth-order valence-corrected chi connectivity index (χ4v) is 3.06. The van der Waals surface area contributed by atoms with Crippen LogP contribution in [-0.2, 0) is 0 Å². The van der Waals surface area contributed by atoms with E-state index in [1.165, 1.54) is 0 Å². The number of carbonyl (C=O) groups is 1. The second kappa shape index (κ2) is 7.19. The van der Waals surface area contributed by atoms with Crippen LogP contribution in [0.25, 0.3) is 0 Å². The van der Waals surface area contributed by atoms with Gasteiger partial charge in [0.25, 0.3) is 5.91 Å². The minimum absolute atomic E-state index is 0.203. The van der Waals surface area contributed by atoms with E-state index in [-0.39, 0.29) is 5.91 Å². The molecule has 25 heavy (non-hydrogen) atoms. The van der Waals surface area contributed by atoms with Crippen LogP contribution in [-0.4, -0.2) is 54.0 Å². The predicted molar refractivity (Wildman–Crippen MR) is 100 cm³/mol. The first-order valence-electron chi connectivity index (χ1n) is 8.59. The minimum atomic E-state index is -0.203. The van der Waals surface area contributed by atoms with Crippen molar-refractivity contribution in [1.82, 2.24) is 14.9 Å². The van der Waals surface area contributed by atoms with Crippen molar-refractivity contribution < 1.29 is 4.79 Å². The van der Waals surface area contributed by atoms with Gasteiger partial charge in [-0.05, 0) is 57.1 Å². The smallest absolute Gasteiger partial charge is 0.274 e. The molecule has 1 amide bonds. The highest BCUT2D eigenvalue weighted by atomic mass is 16.1. The average molecular weight is 339 g/mol. The Morgan fingerprint density at radius 2 is 1.60 bits per heavy atom. The first-order valence-corrected chi connectivity index (χ1v) is 8.59. The Morgan fingerprint density at radius 3 is 2.24 bits per heavy atom. The summed E-state index contributed by atoms with van der Waals surface area (Å²) >= 11 is 0. The first-order chi connectivity index (χ1) is 11.9. The third-order valence-electron chi connectivity index (χ3n) is 4.34. The van der Waals surface area contributed by atoms with Crippen LogP contribution in [0.1, 0.15) is 27.3 Å². The van der Waals surface area contributed by atoms with Crippen molar-refractivity contribution in [3.8, 4) is 0 Å². The highest BCUT2D eigenvalue weighted by Gasteiger charge is 2.19. The van der Waals surface area contributed by atoms with Gasteiger partial charge in [-0.15, -0.1) is 0 Å². The number of nitrogens with zero attached hydrogens (tertiary/aromatic N) is 4. The monoisotopic (exact) mass is 339 g/mol. The van der Waals surface area contributed by atoms with Crippen LogP contribution in [0.3, 0.4) is 0 Å². The fourth-order valence-electron chi connectivity index (χ4n) is 3.06. The van der Waals surface area contributed by atoms with E-state index in [0.717, 1.165) is 48.7 Å². The minimum Gasteiger partial charge on any atom is -0.338 e. The molecule has 2 aromatic rings. The molecule has 1 aliphatic heterocycles. The normalized spacial score (nSPS) is 15.3. The number of amides is 1. The number of hydrogen-bond acceptors (Lipinski definition) is 5. The van der Waals surface area contributed by atoms with Crippen molar-refractivity contribution in [1.29, 1.82) is 0 Å². The first kappa shape index (κ1) is 17.4. The zero-order valence-corrected chi connectivity index (χ0v) is 15.3. The summed E-state index contributed by atoms with van der Waals surface area (Å²) in [6, 6.07) is 7.73. The van der Waals surface area contributed by atoms with Crippen LogP contribution in [0.2, 0.25) is 0 Å². The van der Waals surface area contributed by atoms with Gasteiger partial charge in [0.1, 0.15) is 5.69 Å². The Bertz CT molecular complexity index is 761. The molecule has 0 saturated carbocycles. The molecule has 3 rings (SSSR count). The molecule has 132 valence electrons. The molecule has 2 heterocycles. The standard InChI is InChI=1S/C19H25N5O/c1-13-9-14(2)11-16(10-13)21-18(25)17-12-15(3)20-19(22-17)24-7-5-23(4)6-8-24/h9-12H,5-8H2,1-4H3,(H,21,25). The molecule has 1 aromatic carbocycles. The van der Waals surface area contributed by atoms with Crippen LogP contribution in [0.5, 0.6) is 0 Å². The molecule has 0 radical (unpaired) electrons. The zero-order valence-electron chi connectivity index (χ0n) is 15.3. The predicted octanol–water partition coefficient (Wildman–Crippen LogP) is 2.41. The van der Waals surface area contributed by atoms with Crippen LogP contribution in [0.4, 0.5) is 11.6 Å². The van der Waals surface area contributed by atoms with Crippen LogP contribution >= 0.6 is 0 Å². The van der Waals surface area contributed by atoms with Gasteiger partial charge >= 0.3 is 0 Å². The Labute approximate surface area is 148 Å². The van der Waals surface area contributed by atoms with Gasteiger partial charge in [0, 0.05) is 37.6 Å². The van der Waals surface area contributed by atoms with Crippen molar-refractivity contribution in [3.63, 3.8) is 0 Å². The van der Waals surface area contributed by atoms with Gasteiger partial charge in [0.15, 0.2) is 0 Å². The van der Waals surface area contributed by atoms with Gasteiger partial charge in [-0.3, -0.25) is 4.79 Å². The molecule has 0 aliphatic carbocycles. The Balaban J connectivity index is 1.80. The average Bonchev–Trinajstić information content (AvgIpc) is 2.54. The van der Waals surface area contributed by atoms with E-state index in [4.69, 9.17) is 0 Å². The largest absolute Gasteiger partial charge is 0.338 e. The summed E-state index contributed by atoms with van der Waals surface area (Å²) in [5.74, 6) is 0.435. The summed E-state index contributed by atoms with van der Waals surface area (Å²) in [5, 5.41) is 2.95. The molecule has 6 nitrogen and oxygen atoms in total. The number of likely N-dealkylation sites (N-methyl/N-ethyl adjacent to an activating group) is 1. The van der Waals surface area contributed by atoms with Crippen molar-refractivity contribution in [3.05, 3.63) is 46.8 Å². The number of rotatable bonds is 3. The fraction of sp³-hybridized carbons (Fsp3) is 0.421. The van der Waals surface area contributed by atoms with Gasteiger partial charge < -0.3 is 15.1 Å². The van der Waals surface area contributed by atoms with Crippen molar-refractivity contribution in [2.75, 3.05) is 43.4 Å². The topological polar surface area (TPSA) is 61.4 Å². The molecular weight excluding hydrogens is 314 g/mol. The van der Waals surface area contributed by atoms with E-state index in [0.29, 0.717) is 11.6 Å². The molecule has 1 saturated heterocycles. The highest BCUT2D eigenvalue weighted by molar-refractivity contribution is 6.03. The van der Waals surface area contributed by atoms with Gasteiger partial charge in [0.2, 0.25) is 5.95 Å². The highest BCUT2D eigenvalue weighted by Crippen LogP contribution is 2.17. The molecule has 1 aromatic heterocycles. The van der Waals surface area contributed by atoms with E-state index in [1.807, 2.05) is 32.9 Å². The third kappa shape index (κ3) is 4.33. The summed E-state index contributed by atoms with van der Waals surface area (Å²) < 4.78 is 0. The molecule has 1 aliphatic rings. The SMILES string of the molecule is Cc1cc(C)cc(NC(=O)c2cc(C)nc(N3CCN(C)CC3)n2)c1. The third-order valence-corrected chi connectivity index (χ3v) is 4.34. The lowest BCUT2D eigenvalue weighted by molar-refractivity contribution is 0.102. The maximum atomic E-state index is 12.6. The quantitative estimate of drug-likeness (QED) is 0.930. The van der Waals surface area contributed by atoms with Crippen molar-refractivity contribution in [2.45, 2.75) is 20.8 Å². The summed E-state index contributed by atoms with van der Waals surface area (Å²) in [6.07, 6.45) is 0. The Morgan fingerprint density at radius 1 is 0.960 bits per heavy atom. The molecule has 6 heteroatoms. The molecule has 0 unspecified atom stereocenters. The van der Waals surface area contributed by atoms with E-state index in [9.17, 15) is 4.79 Å². The number of hydrogen-bond donors (Lipinski definition) is 1. The maximum absolute atomic E-state index is 12.6. The summed E-state index contributed by atoms with van der Waals surface area (Å²) in [4.78, 5) is 26.1. The lowest BCUT2D eigenvalue weighted by Gasteiger charge is -2.32. The van der Waals surface area contributed by atoms with Crippen LogP contribution in [0.15, 0.2) is 24.3 Å². The van der Waals surface area contributed by atoms with E-state index >= 15 is 0 Å². The van der Waals surface area contributed by atoms with Crippen molar-refractivity contribution >= 4 is 17.5 Å². The van der Waals surface area contributed by atoms with Gasteiger partial charge in [0.05, 0.1) is 0 Å². The Kier molecular flexibility index (Phi) is 4.99. The van der Waals surface area contributed by atoms with Gasteiger partial charge in [-0.25, -0.2) is 9.97 Å². The Hall–Kier alpha value is -2.47. The second-order valence-corrected chi connectivity index (χ2v) is 6.82. The summed E-state index contributed by atoms with van der Waals surface area (Å²) in [6.45, 7) is 9.62. The number of aryl methyl sites for hydroxylation is 3. The molecule has 0 atom stereocenters. The molecular formula is C19H25N5O. The van der Waals surface area contributed by atoms with E-state index < -0.39 is 0 Å². The molecule has 1 N–H and O–H groups in total. The lowest BCUT2D eigenvalue weighted by Crippen LogP contribution is -2.45. The molecule has 1 fully saturated rings. The number of aromatic nitrogens is 2. The van der Waals surface area contributed by atoms with Gasteiger partial charge in [-0.1, -0.05) is 6.07 Å². The molecule has 0 spiro atoms. The lowest BCUT2D eigenvalue weighted by atomic mass is 10.1. The van der Waals surface area contributed by atoms with Crippen molar-refractivity contribution in [2.24, 2.45) is 0 Å². The molecule has 0 bridgehead atoms. The van der Waals surface area contributed by atoms with E-state index in [1.54, 1.807) is 6.07 Å². The summed E-state index contributed by atoms with van der Waals surface area (Å²) in [7, 11) is 2.11. The van der Waals surface area contributed by atoms with E-state index in [2.05, 4.69) is 38.2 Å². The summed E-state index contributed by atoms with van der Waals surface area (Å²) in [5.41, 5.74) is 4.23. The second-order valence-electron chi connectivity index (χ2n) is 6.82. The number of benzene rings is 1. The number of piperazine rings is 1. The van der Waals surface area contributed by atoms with Crippen LogP contribution in [0, 0.1) is 20.8 Å². The van der Waals surface area contributed by atoms with Crippen LogP contribution < -0.4 is 10.2 Å². The number of nitrogens with one attached hydrogen (secondary N) is 1. The van der Waals surface area contributed by atoms with Gasteiger partial charge in [-0.2, -0.15) is 0 Å². The number of anilines is 2.